The molecule has 0 spiro atoms. The zero-order valence-corrected chi connectivity index (χ0v) is 16.3. The van der Waals surface area contributed by atoms with Crippen LogP contribution in [0.3, 0.4) is 0 Å². The maximum atomic E-state index is 5.45. The molecule has 0 amide bonds. The molecule has 1 N–H and O–H groups in total. The van der Waals surface area contributed by atoms with Gasteiger partial charge in [-0.1, -0.05) is 38.9 Å². The van der Waals surface area contributed by atoms with E-state index >= 15 is 0 Å². The Morgan fingerprint density at radius 1 is 1.08 bits per heavy atom. The van der Waals surface area contributed by atoms with Crippen molar-refractivity contribution in [3.63, 3.8) is 0 Å². The number of nitrogens with one attached hydrogen (secondary N) is 1. The van der Waals surface area contributed by atoms with Crippen LogP contribution in [0.4, 0.5) is 11.4 Å². The number of hydrogen-bond donors (Lipinski definition) is 1. The number of anilines is 1. The molecule has 0 unspecified atom stereocenters. The van der Waals surface area contributed by atoms with Gasteiger partial charge in [0, 0.05) is 16.8 Å². The van der Waals surface area contributed by atoms with Crippen LogP contribution < -0.4 is 14.7 Å². The van der Waals surface area contributed by atoms with E-state index in [9.17, 15) is 0 Å². The predicted molar refractivity (Wildman–Crippen MR) is 107 cm³/mol. The standard InChI is InChI=1S/C20H20N2OS2/c1-12-7-5-6-8-15(12)21-19-17-14-11-13(23-4)9-10-16(14)22-20(2,3)18(17)24-25-19/h5-11,22H,1-4H3. The van der Waals surface area contributed by atoms with Crippen LogP contribution >= 0.6 is 20.7 Å². The van der Waals surface area contributed by atoms with Crippen molar-refractivity contribution in [1.29, 1.82) is 0 Å². The van der Waals surface area contributed by atoms with Crippen molar-refractivity contribution in [3.8, 4) is 16.9 Å². The van der Waals surface area contributed by atoms with Gasteiger partial charge in [-0.25, -0.2) is 4.99 Å². The van der Waals surface area contributed by atoms with E-state index < -0.39 is 0 Å². The quantitative estimate of drug-likeness (QED) is 0.590. The average Bonchev–Trinajstić information content (AvgIpc) is 3.02. The van der Waals surface area contributed by atoms with Crippen molar-refractivity contribution in [2.75, 3.05) is 12.4 Å². The first-order valence-electron chi connectivity index (χ1n) is 8.20. The molecule has 128 valence electrons. The smallest absolute Gasteiger partial charge is 0.135 e. The van der Waals surface area contributed by atoms with E-state index in [2.05, 4.69) is 50.4 Å². The van der Waals surface area contributed by atoms with Crippen LogP contribution in [0, 0.1) is 6.92 Å². The van der Waals surface area contributed by atoms with Gasteiger partial charge in [0.05, 0.1) is 23.2 Å². The molecule has 0 saturated carbocycles. The number of nitrogens with zero attached hydrogens (tertiary/aromatic N) is 1. The van der Waals surface area contributed by atoms with Gasteiger partial charge in [0.1, 0.15) is 10.4 Å². The maximum Gasteiger partial charge on any atom is 0.135 e. The summed E-state index contributed by atoms with van der Waals surface area (Å²) in [7, 11) is 5.25. The third-order valence-corrected chi connectivity index (χ3v) is 7.13. The van der Waals surface area contributed by atoms with Crippen LogP contribution in [0.25, 0.3) is 11.1 Å². The summed E-state index contributed by atoms with van der Waals surface area (Å²) in [5.41, 5.74) is 5.63. The van der Waals surface area contributed by atoms with Gasteiger partial charge in [-0.05, 0) is 50.6 Å². The molecule has 1 aromatic heterocycles. The second-order valence-corrected chi connectivity index (χ2v) is 8.86. The topological polar surface area (TPSA) is 33.6 Å². The average molecular weight is 369 g/mol. The fourth-order valence-electron chi connectivity index (χ4n) is 3.15. The Morgan fingerprint density at radius 2 is 1.88 bits per heavy atom. The van der Waals surface area contributed by atoms with E-state index in [1.807, 2.05) is 18.2 Å². The lowest BCUT2D eigenvalue weighted by Crippen LogP contribution is -2.31. The van der Waals surface area contributed by atoms with Crippen LogP contribution in [0.15, 0.2) is 47.5 Å². The summed E-state index contributed by atoms with van der Waals surface area (Å²) in [6, 6.07) is 14.5. The highest BCUT2D eigenvalue weighted by molar-refractivity contribution is 7.68. The summed E-state index contributed by atoms with van der Waals surface area (Å²) < 4.78 is 6.52. The van der Waals surface area contributed by atoms with Gasteiger partial charge in [0.2, 0.25) is 0 Å². The Morgan fingerprint density at radius 3 is 2.64 bits per heavy atom. The van der Waals surface area contributed by atoms with Crippen LogP contribution in [-0.4, -0.2) is 7.11 Å². The van der Waals surface area contributed by atoms with Gasteiger partial charge >= 0.3 is 0 Å². The molecule has 1 aliphatic rings. The maximum absolute atomic E-state index is 5.45. The lowest BCUT2D eigenvalue weighted by Gasteiger charge is -2.33. The molecule has 0 saturated heterocycles. The molecule has 0 fully saturated rings. The van der Waals surface area contributed by atoms with Gasteiger partial charge in [-0.3, -0.25) is 0 Å². The van der Waals surface area contributed by atoms with Crippen molar-refractivity contribution in [3.05, 3.63) is 57.6 Å². The summed E-state index contributed by atoms with van der Waals surface area (Å²) in [5.74, 6) is 0.865. The first kappa shape index (κ1) is 16.4. The van der Waals surface area contributed by atoms with Crippen LogP contribution in [0.1, 0.15) is 24.3 Å². The predicted octanol–water partition coefficient (Wildman–Crippen LogP) is 5.69. The molecule has 4 rings (SSSR count). The number of hydrogen-bond acceptors (Lipinski definition) is 5. The summed E-state index contributed by atoms with van der Waals surface area (Å²) in [5, 5.41) is 3.65. The van der Waals surface area contributed by atoms with Crippen molar-refractivity contribution in [2.24, 2.45) is 4.99 Å². The van der Waals surface area contributed by atoms with E-state index in [4.69, 9.17) is 9.73 Å². The van der Waals surface area contributed by atoms with Crippen LogP contribution in [0.5, 0.6) is 5.75 Å². The Hall–Kier alpha value is -2.11. The van der Waals surface area contributed by atoms with Crippen molar-refractivity contribution < 1.29 is 4.74 Å². The lowest BCUT2D eigenvalue weighted by molar-refractivity contribution is 0.415. The number of para-hydroxylation sites is 1. The summed E-state index contributed by atoms with van der Waals surface area (Å²) in [4.78, 5) is 6.32. The molecule has 0 radical (unpaired) electrons. The summed E-state index contributed by atoms with van der Waals surface area (Å²) >= 11 is 0. The molecular formula is C20H20N2OS2. The van der Waals surface area contributed by atoms with Crippen molar-refractivity contribution in [1.82, 2.24) is 0 Å². The van der Waals surface area contributed by atoms with E-state index in [-0.39, 0.29) is 5.54 Å². The third-order valence-electron chi connectivity index (χ3n) is 4.49. The highest BCUT2D eigenvalue weighted by Gasteiger charge is 2.33. The van der Waals surface area contributed by atoms with Crippen molar-refractivity contribution >= 4 is 32.1 Å². The number of ether oxygens (including phenoxy) is 1. The fourth-order valence-corrected chi connectivity index (χ4v) is 6.08. The van der Waals surface area contributed by atoms with Gasteiger partial charge in [-0.2, -0.15) is 0 Å². The largest absolute Gasteiger partial charge is 0.497 e. The van der Waals surface area contributed by atoms with Crippen molar-refractivity contribution in [2.45, 2.75) is 26.3 Å². The SMILES string of the molecule is COc1ccc2c(c1)-c1c(ssc1=Nc1ccccc1C)C(C)(C)N2. The normalized spacial score (nSPS) is 15.3. The number of rotatable bonds is 2. The molecular weight excluding hydrogens is 348 g/mol. The number of aryl methyl sites for hydroxylation is 1. The Balaban J connectivity index is 2.00. The molecule has 0 aliphatic carbocycles. The second kappa shape index (κ2) is 6.00. The Kier molecular flexibility index (Phi) is 3.93. The van der Waals surface area contributed by atoms with E-state index in [0.29, 0.717) is 0 Å². The highest BCUT2D eigenvalue weighted by Crippen LogP contribution is 2.46. The molecule has 2 aromatic carbocycles. The molecule has 25 heavy (non-hydrogen) atoms. The monoisotopic (exact) mass is 368 g/mol. The lowest BCUT2D eigenvalue weighted by atomic mass is 9.90. The Bertz CT molecular complexity index is 1010. The molecule has 5 heteroatoms. The minimum atomic E-state index is -0.114. The van der Waals surface area contributed by atoms with Gasteiger partial charge in [-0.15, -0.1) is 0 Å². The molecule has 0 bridgehead atoms. The Labute approximate surface area is 155 Å². The van der Waals surface area contributed by atoms with E-state index in [1.54, 1.807) is 27.8 Å². The fraction of sp³-hybridized carbons (Fsp3) is 0.250. The number of methoxy groups -OCH3 is 1. The second-order valence-electron chi connectivity index (χ2n) is 6.74. The number of benzene rings is 2. The summed E-state index contributed by atoms with van der Waals surface area (Å²) in [6.07, 6.45) is 0. The highest BCUT2D eigenvalue weighted by atomic mass is 32.9. The number of fused-ring (bicyclic) bond motifs is 3. The molecule has 3 aromatic rings. The third kappa shape index (κ3) is 2.77. The zero-order chi connectivity index (χ0) is 17.6. The molecule has 2 heterocycles. The summed E-state index contributed by atoms with van der Waals surface area (Å²) in [6.45, 7) is 6.55. The molecule has 1 aliphatic heterocycles. The van der Waals surface area contributed by atoms with Gasteiger partial charge in [0.25, 0.3) is 0 Å². The van der Waals surface area contributed by atoms with Crippen LogP contribution in [0.2, 0.25) is 0 Å². The minimum absolute atomic E-state index is 0.114. The first-order chi connectivity index (χ1) is 12.0. The zero-order valence-electron chi connectivity index (χ0n) is 14.7. The first-order valence-corrected chi connectivity index (χ1v) is 10.3. The van der Waals surface area contributed by atoms with E-state index in [0.717, 1.165) is 21.8 Å². The molecule has 3 nitrogen and oxygen atoms in total. The molecule has 0 atom stereocenters. The van der Waals surface area contributed by atoms with Gasteiger partial charge < -0.3 is 10.1 Å². The van der Waals surface area contributed by atoms with Gasteiger partial charge in [0.15, 0.2) is 0 Å². The minimum Gasteiger partial charge on any atom is -0.497 e. The van der Waals surface area contributed by atoms with Crippen LogP contribution in [-0.2, 0) is 5.54 Å². The van der Waals surface area contributed by atoms with E-state index in [1.165, 1.54) is 21.6 Å².